The fourth-order valence-electron chi connectivity index (χ4n) is 1.70. The highest BCUT2D eigenvalue weighted by Gasteiger charge is 2.08. The number of carbonyl (C=O) groups excluding carboxylic acids is 1. The molecule has 3 N–H and O–H groups in total. The maximum atomic E-state index is 11.8. The minimum atomic E-state index is -0.235. The number of hydrogen-bond donors (Lipinski definition) is 3. The highest BCUT2D eigenvalue weighted by molar-refractivity contribution is 5.94. The van der Waals surface area contributed by atoms with Gasteiger partial charge in [0.25, 0.3) is 5.91 Å². The molecule has 1 aromatic rings. The van der Waals surface area contributed by atoms with Gasteiger partial charge in [0, 0.05) is 37.6 Å². The molecule has 0 saturated carbocycles. The zero-order chi connectivity index (χ0) is 14.8. The van der Waals surface area contributed by atoms with Crippen LogP contribution in [0.15, 0.2) is 24.3 Å². The Bertz CT molecular complexity index is 393. The summed E-state index contributed by atoms with van der Waals surface area (Å²) in [5.41, 5.74) is 1.59. The maximum Gasteiger partial charge on any atom is 0.251 e. The summed E-state index contributed by atoms with van der Waals surface area (Å²) >= 11 is 0. The Morgan fingerprint density at radius 2 is 2.00 bits per heavy atom. The number of anilines is 1. The summed E-state index contributed by atoms with van der Waals surface area (Å²) in [6.45, 7) is 3.36. The number of unbranched alkanes of at least 4 members (excludes halogenated alkanes) is 1. The fraction of sp³-hybridized carbons (Fsp3) is 0.533. The number of rotatable bonds is 9. The number of hydrogen-bond acceptors (Lipinski definition) is 4. The van der Waals surface area contributed by atoms with Crippen molar-refractivity contribution in [2.75, 3.05) is 32.2 Å². The first-order chi connectivity index (χ1) is 9.67. The number of carbonyl (C=O) groups is 1. The van der Waals surface area contributed by atoms with Crippen molar-refractivity contribution < 1.29 is 14.6 Å². The maximum absolute atomic E-state index is 11.8. The van der Waals surface area contributed by atoms with Gasteiger partial charge in [0.15, 0.2) is 0 Å². The zero-order valence-corrected chi connectivity index (χ0v) is 12.2. The minimum Gasteiger partial charge on any atom is -0.394 e. The number of methoxy groups -OCH3 is 1. The van der Waals surface area contributed by atoms with Gasteiger partial charge in [0.2, 0.25) is 0 Å². The Balaban J connectivity index is 2.38. The number of aliphatic hydroxyl groups is 1. The van der Waals surface area contributed by atoms with E-state index in [0.717, 1.165) is 31.7 Å². The summed E-state index contributed by atoms with van der Waals surface area (Å²) in [5, 5.41) is 14.9. The van der Waals surface area contributed by atoms with Gasteiger partial charge < -0.3 is 20.5 Å². The Hall–Kier alpha value is -1.59. The first-order valence-corrected chi connectivity index (χ1v) is 6.92. The Morgan fingerprint density at radius 3 is 2.60 bits per heavy atom. The molecule has 112 valence electrons. The van der Waals surface area contributed by atoms with E-state index in [9.17, 15) is 4.79 Å². The van der Waals surface area contributed by atoms with Crippen LogP contribution in [0.2, 0.25) is 0 Å². The molecule has 0 aromatic heterocycles. The second-order valence-corrected chi connectivity index (χ2v) is 4.76. The van der Waals surface area contributed by atoms with Crippen LogP contribution in [0.25, 0.3) is 0 Å². The number of benzene rings is 1. The predicted octanol–water partition coefficient (Wildman–Crippen LogP) is 1.64. The molecule has 0 radical (unpaired) electrons. The van der Waals surface area contributed by atoms with Crippen molar-refractivity contribution in [1.29, 1.82) is 0 Å². The Kier molecular flexibility index (Phi) is 7.69. The van der Waals surface area contributed by atoms with Crippen molar-refractivity contribution in [2.45, 2.75) is 25.8 Å². The molecule has 1 atom stereocenters. The lowest BCUT2D eigenvalue weighted by Crippen LogP contribution is -2.34. The van der Waals surface area contributed by atoms with Gasteiger partial charge in [-0.25, -0.2) is 0 Å². The summed E-state index contributed by atoms with van der Waals surface area (Å²) in [7, 11) is 1.70. The molecule has 0 fully saturated rings. The van der Waals surface area contributed by atoms with E-state index >= 15 is 0 Å². The van der Waals surface area contributed by atoms with Crippen LogP contribution in [0.1, 0.15) is 30.1 Å². The third-order valence-electron chi connectivity index (χ3n) is 2.90. The van der Waals surface area contributed by atoms with E-state index in [-0.39, 0.29) is 18.6 Å². The van der Waals surface area contributed by atoms with Crippen LogP contribution in [0, 0.1) is 0 Å². The summed E-state index contributed by atoms with van der Waals surface area (Å²) in [6.07, 6.45) is 2.08. The van der Waals surface area contributed by atoms with E-state index in [0.29, 0.717) is 5.56 Å². The summed E-state index contributed by atoms with van der Waals surface area (Å²) in [4.78, 5) is 11.8. The smallest absolute Gasteiger partial charge is 0.251 e. The molecule has 1 amide bonds. The third-order valence-corrected chi connectivity index (χ3v) is 2.90. The minimum absolute atomic E-state index is 0.0626. The van der Waals surface area contributed by atoms with Crippen LogP contribution in [-0.2, 0) is 4.74 Å². The molecule has 1 aromatic carbocycles. The van der Waals surface area contributed by atoms with E-state index in [4.69, 9.17) is 9.84 Å². The molecule has 5 nitrogen and oxygen atoms in total. The first kappa shape index (κ1) is 16.5. The zero-order valence-electron chi connectivity index (χ0n) is 12.2. The van der Waals surface area contributed by atoms with Gasteiger partial charge >= 0.3 is 0 Å². The quantitative estimate of drug-likeness (QED) is 0.601. The molecule has 0 aliphatic carbocycles. The summed E-state index contributed by atoms with van der Waals surface area (Å²) in [6, 6.07) is 7.08. The monoisotopic (exact) mass is 280 g/mol. The van der Waals surface area contributed by atoms with Crippen LogP contribution in [0.3, 0.4) is 0 Å². The van der Waals surface area contributed by atoms with Crippen molar-refractivity contribution in [3.63, 3.8) is 0 Å². The molecule has 0 aliphatic heterocycles. The summed E-state index contributed by atoms with van der Waals surface area (Å²) < 4.78 is 4.99. The van der Waals surface area contributed by atoms with Crippen LogP contribution in [0.4, 0.5) is 5.69 Å². The number of aliphatic hydroxyl groups excluding tert-OH is 1. The van der Waals surface area contributed by atoms with E-state index in [1.165, 1.54) is 0 Å². The van der Waals surface area contributed by atoms with E-state index in [2.05, 4.69) is 10.6 Å². The second kappa shape index (κ2) is 9.34. The molecule has 5 heteroatoms. The summed E-state index contributed by atoms with van der Waals surface area (Å²) in [5.74, 6) is -0.168. The molecule has 1 rings (SSSR count). The first-order valence-electron chi connectivity index (χ1n) is 6.92. The topological polar surface area (TPSA) is 70.6 Å². The lowest BCUT2D eigenvalue weighted by atomic mass is 10.2. The predicted molar refractivity (Wildman–Crippen MR) is 80.1 cm³/mol. The van der Waals surface area contributed by atoms with Gasteiger partial charge in [-0.2, -0.15) is 0 Å². The highest BCUT2D eigenvalue weighted by atomic mass is 16.5. The van der Waals surface area contributed by atoms with Crippen molar-refractivity contribution in [3.8, 4) is 0 Å². The average molecular weight is 280 g/mol. The van der Waals surface area contributed by atoms with Crippen LogP contribution in [-0.4, -0.2) is 43.9 Å². The van der Waals surface area contributed by atoms with Gasteiger partial charge in [-0.3, -0.25) is 4.79 Å². The van der Waals surface area contributed by atoms with Crippen molar-refractivity contribution in [2.24, 2.45) is 0 Å². The van der Waals surface area contributed by atoms with Gasteiger partial charge in [-0.15, -0.1) is 0 Å². The number of nitrogens with one attached hydrogen (secondary N) is 2. The SMILES string of the molecule is COCCCCNc1ccc(C(=O)NC(C)CO)cc1. The lowest BCUT2D eigenvalue weighted by molar-refractivity contribution is 0.0922. The Morgan fingerprint density at radius 1 is 1.30 bits per heavy atom. The number of ether oxygens (including phenoxy) is 1. The van der Waals surface area contributed by atoms with E-state index in [1.54, 1.807) is 26.2 Å². The van der Waals surface area contributed by atoms with Crippen LogP contribution >= 0.6 is 0 Å². The molecule has 0 aliphatic rings. The van der Waals surface area contributed by atoms with E-state index in [1.807, 2.05) is 12.1 Å². The van der Waals surface area contributed by atoms with Crippen molar-refractivity contribution in [3.05, 3.63) is 29.8 Å². The second-order valence-electron chi connectivity index (χ2n) is 4.76. The normalized spacial score (nSPS) is 11.9. The van der Waals surface area contributed by atoms with Crippen molar-refractivity contribution >= 4 is 11.6 Å². The molecule has 1 unspecified atom stereocenters. The molecular weight excluding hydrogens is 256 g/mol. The third kappa shape index (κ3) is 6.04. The fourth-order valence-corrected chi connectivity index (χ4v) is 1.70. The molecule has 0 spiro atoms. The van der Waals surface area contributed by atoms with Gasteiger partial charge in [-0.1, -0.05) is 0 Å². The standard InChI is InChI=1S/C15H24N2O3/c1-12(11-18)17-15(19)13-5-7-14(8-6-13)16-9-3-4-10-20-2/h5-8,12,16,18H,3-4,9-11H2,1-2H3,(H,17,19). The Labute approximate surface area is 120 Å². The molecule has 20 heavy (non-hydrogen) atoms. The number of amides is 1. The molecule has 0 bridgehead atoms. The van der Waals surface area contributed by atoms with Gasteiger partial charge in [0.1, 0.15) is 0 Å². The molecular formula is C15H24N2O3. The van der Waals surface area contributed by atoms with Gasteiger partial charge in [0.05, 0.1) is 6.61 Å². The largest absolute Gasteiger partial charge is 0.394 e. The van der Waals surface area contributed by atoms with Gasteiger partial charge in [-0.05, 0) is 44.0 Å². The molecule has 0 saturated heterocycles. The van der Waals surface area contributed by atoms with Crippen LogP contribution < -0.4 is 10.6 Å². The lowest BCUT2D eigenvalue weighted by Gasteiger charge is -2.11. The van der Waals surface area contributed by atoms with E-state index < -0.39 is 0 Å². The highest BCUT2D eigenvalue weighted by Crippen LogP contribution is 2.10. The molecule has 0 heterocycles. The average Bonchev–Trinajstić information content (AvgIpc) is 2.47. The van der Waals surface area contributed by atoms with Crippen molar-refractivity contribution in [1.82, 2.24) is 5.32 Å². The van der Waals surface area contributed by atoms with Crippen LogP contribution in [0.5, 0.6) is 0 Å².